The number of nitrogens with zero attached hydrogens (tertiary/aromatic N) is 1. The molecule has 2 unspecified atom stereocenters. The Hall–Kier alpha value is -0.340. The van der Waals surface area contributed by atoms with Crippen molar-refractivity contribution in [3.05, 3.63) is 12.2 Å². The summed E-state index contributed by atoms with van der Waals surface area (Å²) in [6.07, 6.45) is 4.44. The molecular formula is C15H30N2. The molecule has 100 valence electrons. The van der Waals surface area contributed by atoms with Crippen LogP contribution in [0.2, 0.25) is 0 Å². The molecule has 1 rings (SSSR count). The number of nitrogens with one attached hydrogen (secondary N) is 1. The van der Waals surface area contributed by atoms with Gasteiger partial charge in [-0.3, -0.25) is 4.90 Å². The first kappa shape index (κ1) is 14.7. The molecule has 2 atom stereocenters. The van der Waals surface area contributed by atoms with Gasteiger partial charge >= 0.3 is 0 Å². The molecule has 0 radical (unpaired) electrons. The lowest BCUT2D eigenvalue weighted by Crippen LogP contribution is -2.61. The highest BCUT2D eigenvalue weighted by Crippen LogP contribution is 2.27. The molecule has 0 aromatic heterocycles. The van der Waals surface area contributed by atoms with Crippen LogP contribution in [0.3, 0.4) is 0 Å². The molecule has 1 N–H and O–H groups in total. The second-order valence-electron chi connectivity index (χ2n) is 6.66. The summed E-state index contributed by atoms with van der Waals surface area (Å²) in [4.78, 5) is 2.64. The van der Waals surface area contributed by atoms with Crippen molar-refractivity contribution in [1.82, 2.24) is 10.2 Å². The molecule has 0 amide bonds. The summed E-state index contributed by atoms with van der Waals surface area (Å²) in [5.74, 6) is 0.712. The first-order valence-electron chi connectivity index (χ1n) is 6.95. The summed E-state index contributed by atoms with van der Waals surface area (Å²) in [6.45, 7) is 17.1. The lowest BCUT2D eigenvalue weighted by atomic mass is 9.83. The van der Waals surface area contributed by atoms with Crippen molar-refractivity contribution in [2.75, 3.05) is 19.6 Å². The van der Waals surface area contributed by atoms with Crippen LogP contribution in [0.1, 0.15) is 41.5 Å². The Kier molecular flexibility index (Phi) is 5.21. The third-order valence-corrected chi connectivity index (χ3v) is 3.83. The van der Waals surface area contributed by atoms with Crippen molar-refractivity contribution in [3.63, 3.8) is 0 Å². The fourth-order valence-corrected chi connectivity index (χ4v) is 2.58. The zero-order chi connectivity index (χ0) is 13.1. The highest BCUT2D eigenvalue weighted by Gasteiger charge is 2.35. The quantitative estimate of drug-likeness (QED) is 0.761. The average Bonchev–Trinajstić information content (AvgIpc) is 2.24. The number of rotatable bonds is 3. The molecule has 1 aliphatic heterocycles. The minimum absolute atomic E-state index is 0.344. The van der Waals surface area contributed by atoms with E-state index in [0.29, 0.717) is 23.4 Å². The summed E-state index contributed by atoms with van der Waals surface area (Å²) in [5.41, 5.74) is 0.344. The van der Waals surface area contributed by atoms with Crippen LogP contribution < -0.4 is 5.32 Å². The van der Waals surface area contributed by atoms with Crippen LogP contribution in [0.5, 0.6) is 0 Å². The lowest BCUT2D eigenvalue weighted by Gasteiger charge is -2.47. The van der Waals surface area contributed by atoms with Crippen molar-refractivity contribution in [1.29, 1.82) is 0 Å². The van der Waals surface area contributed by atoms with Gasteiger partial charge in [-0.05, 0) is 18.3 Å². The summed E-state index contributed by atoms with van der Waals surface area (Å²) in [6, 6.07) is 1.27. The van der Waals surface area contributed by atoms with E-state index in [-0.39, 0.29) is 0 Å². The van der Waals surface area contributed by atoms with Gasteiger partial charge in [0.1, 0.15) is 0 Å². The maximum Gasteiger partial charge on any atom is 0.0273 e. The molecule has 1 heterocycles. The predicted molar refractivity (Wildman–Crippen MR) is 76.3 cm³/mol. The largest absolute Gasteiger partial charge is 0.311 e. The molecule has 2 heteroatoms. The van der Waals surface area contributed by atoms with Gasteiger partial charge in [0.15, 0.2) is 0 Å². The van der Waals surface area contributed by atoms with Crippen LogP contribution in [0.25, 0.3) is 0 Å². The average molecular weight is 238 g/mol. The number of hydrogen-bond donors (Lipinski definition) is 1. The SMILES string of the molecule is C/C=C/CN1CC(C(C)C)NCC1C(C)(C)C. The summed E-state index contributed by atoms with van der Waals surface area (Å²) in [7, 11) is 0. The molecule has 0 bridgehead atoms. The van der Waals surface area contributed by atoms with Crippen molar-refractivity contribution in [2.24, 2.45) is 11.3 Å². The standard InChI is InChI=1S/C15H30N2/c1-7-8-9-17-11-13(12(2)3)16-10-14(17)15(4,5)6/h7-8,12-14,16H,9-11H2,1-6H3/b8-7+. The van der Waals surface area contributed by atoms with E-state index in [9.17, 15) is 0 Å². The minimum atomic E-state index is 0.344. The second-order valence-corrected chi connectivity index (χ2v) is 6.66. The Morgan fingerprint density at radius 3 is 2.47 bits per heavy atom. The molecule has 1 saturated heterocycles. The van der Waals surface area contributed by atoms with E-state index in [4.69, 9.17) is 0 Å². The Bertz CT molecular complexity index is 250. The fourth-order valence-electron chi connectivity index (χ4n) is 2.58. The van der Waals surface area contributed by atoms with Gasteiger partial charge in [0.2, 0.25) is 0 Å². The summed E-state index contributed by atoms with van der Waals surface area (Å²) >= 11 is 0. The van der Waals surface area contributed by atoms with Gasteiger partial charge in [0.05, 0.1) is 0 Å². The van der Waals surface area contributed by atoms with E-state index in [1.165, 1.54) is 6.54 Å². The molecule has 0 aliphatic carbocycles. The van der Waals surface area contributed by atoms with E-state index in [1.54, 1.807) is 0 Å². The van der Waals surface area contributed by atoms with Crippen molar-refractivity contribution < 1.29 is 0 Å². The Labute approximate surface area is 107 Å². The molecular weight excluding hydrogens is 208 g/mol. The maximum atomic E-state index is 3.72. The smallest absolute Gasteiger partial charge is 0.0273 e. The maximum absolute atomic E-state index is 3.72. The molecule has 0 aromatic carbocycles. The van der Waals surface area contributed by atoms with E-state index < -0.39 is 0 Å². The van der Waals surface area contributed by atoms with E-state index in [1.807, 2.05) is 0 Å². The third kappa shape index (κ3) is 4.11. The Morgan fingerprint density at radius 1 is 1.35 bits per heavy atom. The molecule has 0 spiro atoms. The normalized spacial score (nSPS) is 28.2. The lowest BCUT2D eigenvalue weighted by molar-refractivity contribution is 0.0559. The van der Waals surface area contributed by atoms with Gasteiger partial charge in [-0.1, -0.05) is 46.8 Å². The number of allylic oxidation sites excluding steroid dienone is 1. The van der Waals surface area contributed by atoms with E-state index in [2.05, 4.69) is 63.9 Å². The van der Waals surface area contributed by atoms with Gasteiger partial charge in [-0.2, -0.15) is 0 Å². The van der Waals surface area contributed by atoms with Crippen LogP contribution in [0, 0.1) is 11.3 Å². The van der Waals surface area contributed by atoms with Crippen LogP contribution >= 0.6 is 0 Å². The van der Waals surface area contributed by atoms with Gasteiger partial charge in [-0.25, -0.2) is 0 Å². The Balaban J connectivity index is 2.72. The molecule has 1 fully saturated rings. The van der Waals surface area contributed by atoms with Gasteiger partial charge < -0.3 is 5.32 Å². The van der Waals surface area contributed by atoms with E-state index >= 15 is 0 Å². The van der Waals surface area contributed by atoms with Crippen molar-refractivity contribution in [2.45, 2.75) is 53.6 Å². The monoisotopic (exact) mass is 238 g/mol. The second kappa shape index (κ2) is 6.01. The van der Waals surface area contributed by atoms with Crippen molar-refractivity contribution in [3.8, 4) is 0 Å². The molecule has 17 heavy (non-hydrogen) atoms. The van der Waals surface area contributed by atoms with Crippen molar-refractivity contribution >= 4 is 0 Å². The van der Waals surface area contributed by atoms with Crippen LogP contribution in [0.4, 0.5) is 0 Å². The summed E-state index contributed by atoms with van der Waals surface area (Å²) in [5, 5.41) is 3.72. The molecule has 2 nitrogen and oxygen atoms in total. The first-order chi connectivity index (χ1) is 7.86. The minimum Gasteiger partial charge on any atom is -0.311 e. The first-order valence-corrected chi connectivity index (χ1v) is 6.95. The van der Waals surface area contributed by atoms with Gasteiger partial charge in [0.25, 0.3) is 0 Å². The zero-order valence-corrected chi connectivity index (χ0v) is 12.5. The molecule has 0 aromatic rings. The zero-order valence-electron chi connectivity index (χ0n) is 12.5. The van der Waals surface area contributed by atoms with Crippen LogP contribution in [0.15, 0.2) is 12.2 Å². The number of piperazine rings is 1. The fraction of sp³-hybridized carbons (Fsp3) is 0.867. The third-order valence-electron chi connectivity index (χ3n) is 3.83. The summed E-state index contributed by atoms with van der Waals surface area (Å²) < 4.78 is 0. The Morgan fingerprint density at radius 2 is 2.00 bits per heavy atom. The topological polar surface area (TPSA) is 15.3 Å². The van der Waals surface area contributed by atoms with Gasteiger partial charge in [0, 0.05) is 31.7 Å². The van der Waals surface area contributed by atoms with Crippen LogP contribution in [-0.2, 0) is 0 Å². The molecule has 0 saturated carbocycles. The highest BCUT2D eigenvalue weighted by atomic mass is 15.2. The highest BCUT2D eigenvalue weighted by molar-refractivity contribution is 4.96. The molecule has 1 aliphatic rings. The number of hydrogen-bond acceptors (Lipinski definition) is 2. The predicted octanol–water partition coefficient (Wildman–Crippen LogP) is 2.91. The van der Waals surface area contributed by atoms with Crippen LogP contribution in [-0.4, -0.2) is 36.6 Å². The van der Waals surface area contributed by atoms with E-state index in [0.717, 1.165) is 13.1 Å². The van der Waals surface area contributed by atoms with Gasteiger partial charge in [-0.15, -0.1) is 0 Å².